The molecular weight excluding hydrogens is 246 g/mol. The van der Waals surface area contributed by atoms with Crippen molar-refractivity contribution < 1.29 is 4.74 Å². The predicted molar refractivity (Wildman–Crippen MR) is 84.1 cm³/mol. The Morgan fingerprint density at radius 1 is 1.20 bits per heavy atom. The van der Waals surface area contributed by atoms with E-state index in [1.807, 2.05) is 6.07 Å². The van der Waals surface area contributed by atoms with Crippen molar-refractivity contribution in [2.75, 3.05) is 7.11 Å². The molecule has 1 saturated carbocycles. The summed E-state index contributed by atoms with van der Waals surface area (Å²) < 4.78 is 5.35. The number of hydrogen-bond acceptors (Lipinski definition) is 2. The number of fused-ring (bicyclic) bond motifs is 1. The first kappa shape index (κ1) is 13.4. The van der Waals surface area contributed by atoms with Gasteiger partial charge in [-0.3, -0.25) is 0 Å². The SMILES string of the molecule is COc1ccc2cccc(CC(N)C3CCCC3)c2c1. The Morgan fingerprint density at radius 3 is 2.75 bits per heavy atom. The van der Waals surface area contributed by atoms with Crippen LogP contribution in [0.25, 0.3) is 10.8 Å². The summed E-state index contributed by atoms with van der Waals surface area (Å²) in [5.41, 5.74) is 7.79. The molecule has 1 atom stereocenters. The Morgan fingerprint density at radius 2 is 2.00 bits per heavy atom. The van der Waals surface area contributed by atoms with Crippen molar-refractivity contribution in [3.8, 4) is 5.75 Å². The topological polar surface area (TPSA) is 35.2 Å². The van der Waals surface area contributed by atoms with Crippen molar-refractivity contribution in [3.63, 3.8) is 0 Å². The average molecular weight is 269 g/mol. The van der Waals surface area contributed by atoms with Crippen molar-refractivity contribution in [3.05, 3.63) is 42.0 Å². The zero-order chi connectivity index (χ0) is 13.9. The maximum Gasteiger partial charge on any atom is 0.119 e. The molecule has 1 unspecified atom stereocenters. The van der Waals surface area contributed by atoms with Gasteiger partial charge in [-0.25, -0.2) is 0 Å². The van der Waals surface area contributed by atoms with Crippen LogP contribution in [0.15, 0.2) is 36.4 Å². The van der Waals surface area contributed by atoms with Crippen molar-refractivity contribution >= 4 is 10.8 Å². The fourth-order valence-electron chi connectivity index (χ4n) is 3.43. The molecule has 2 heteroatoms. The molecule has 0 aliphatic heterocycles. The zero-order valence-corrected chi connectivity index (χ0v) is 12.1. The number of hydrogen-bond donors (Lipinski definition) is 1. The van der Waals surface area contributed by atoms with Crippen molar-refractivity contribution in [1.82, 2.24) is 0 Å². The fourth-order valence-corrected chi connectivity index (χ4v) is 3.43. The molecular formula is C18H23NO. The third-order valence-corrected chi connectivity index (χ3v) is 4.64. The van der Waals surface area contributed by atoms with Crippen molar-refractivity contribution in [2.24, 2.45) is 11.7 Å². The van der Waals surface area contributed by atoms with Crippen LogP contribution in [-0.4, -0.2) is 13.2 Å². The first-order valence-corrected chi connectivity index (χ1v) is 7.59. The largest absolute Gasteiger partial charge is 0.497 e. The molecule has 1 fully saturated rings. The first-order valence-electron chi connectivity index (χ1n) is 7.59. The minimum atomic E-state index is 0.286. The normalized spacial score (nSPS) is 17.5. The highest BCUT2D eigenvalue weighted by Crippen LogP contribution is 2.30. The van der Waals surface area contributed by atoms with Gasteiger partial charge in [0.25, 0.3) is 0 Å². The second kappa shape index (κ2) is 5.84. The van der Waals surface area contributed by atoms with Crippen LogP contribution in [0.2, 0.25) is 0 Å². The van der Waals surface area contributed by atoms with Crippen LogP contribution in [-0.2, 0) is 6.42 Å². The van der Waals surface area contributed by atoms with Crippen LogP contribution < -0.4 is 10.5 Å². The number of rotatable bonds is 4. The molecule has 1 aliphatic carbocycles. The van der Waals surface area contributed by atoms with E-state index >= 15 is 0 Å². The van der Waals surface area contributed by atoms with Gasteiger partial charge in [0.15, 0.2) is 0 Å². The quantitative estimate of drug-likeness (QED) is 0.913. The molecule has 2 aromatic carbocycles. The summed E-state index contributed by atoms with van der Waals surface area (Å²) in [6, 6.07) is 13.0. The molecule has 2 nitrogen and oxygen atoms in total. The van der Waals surface area contributed by atoms with Gasteiger partial charge in [-0.05, 0) is 53.6 Å². The second-order valence-corrected chi connectivity index (χ2v) is 5.92. The third kappa shape index (κ3) is 2.66. The van der Waals surface area contributed by atoms with E-state index in [4.69, 9.17) is 10.5 Å². The van der Waals surface area contributed by atoms with E-state index < -0.39 is 0 Å². The lowest BCUT2D eigenvalue weighted by Crippen LogP contribution is -2.30. The Kier molecular flexibility index (Phi) is 3.93. The van der Waals surface area contributed by atoms with E-state index in [-0.39, 0.29) is 6.04 Å². The lowest BCUT2D eigenvalue weighted by atomic mass is 9.91. The highest BCUT2D eigenvalue weighted by atomic mass is 16.5. The van der Waals surface area contributed by atoms with E-state index in [0.717, 1.165) is 12.2 Å². The smallest absolute Gasteiger partial charge is 0.119 e. The summed E-state index contributed by atoms with van der Waals surface area (Å²) in [7, 11) is 1.72. The Bertz CT molecular complexity index is 587. The van der Waals surface area contributed by atoms with Gasteiger partial charge in [0.1, 0.15) is 5.75 Å². The first-order chi connectivity index (χ1) is 9.78. The number of benzene rings is 2. The van der Waals surface area contributed by atoms with E-state index in [0.29, 0.717) is 5.92 Å². The van der Waals surface area contributed by atoms with E-state index in [2.05, 4.69) is 30.3 Å². The third-order valence-electron chi connectivity index (χ3n) is 4.64. The van der Waals surface area contributed by atoms with Crippen molar-refractivity contribution in [1.29, 1.82) is 0 Å². The lowest BCUT2D eigenvalue weighted by molar-refractivity contribution is 0.415. The highest BCUT2D eigenvalue weighted by molar-refractivity contribution is 5.87. The molecule has 2 N–H and O–H groups in total. The molecule has 0 bridgehead atoms. The van der Waals surface area contributed by atoms with Gasteiger partial charge in [-0.2, -0.15) is 0 Å². The van der Waals surface area contributed by atoms with Gasteiger partial charge >= 0.3 is 0 Å². The minimum Gasteiger partial charge on any atom is -0.497 e. The predicted octanol–water partition coefficient (Wildman–Crippen LogP) is 3.91. The van der Waals surface area contributed by atoms with Gasteiger partial charge in [-0.1, -0.05) is 37.1 Å². The minimum absolute atomic E-state index is 0.286. The molecule has 0 spiro atoms. The summed E-state index contributed by atoms with van der Waals surface area (Å²) >= 11 is 0. The molecule has 0 saturated heterocycles. The van der Waals surface area contributed by atoms with Gasteiger partial charge in [-0.15, -0.1) is 0 Å². The Hall–Kier alpha value is -1.54. The summed E-state index contributed by atoms with van der Waals surface area (Å²) in [5, 5.41) is 2.54. The maximum atomic E-state index is 6.44. The standard InChI is InChI=1S/C18H23NO/c1-20-16-10-9-13-7-4-8-15(17(13)12-16)11-18(19)14-5-2-3-6-14/h4,7-10,12,14,18H,2-3,5-6,11,19H2,1H3. The summed E-state index contributed by atoms with van der Waals surface area (Å²) in [4.78, 5) is 0. The van der Waals surface area contributed by atoms with Crippen LogP contribution >= 0.6 is 0 Å². The van der Waals surface area contributed by atoms with Gasteiger partial charge in [0.2, 0.25) is 0 Å². The molecule has 0 heterocycles. The number of methoxy groups -OCH3 is 1. The number of nitrogens with two attached hydrogens (primary N) is 1. The van der Waals surface area contributed by atoms with E-state index in [9.17, 15) is 0 Å². The Labute approximate surface area is 120 Å². The monoisotopic (exact) mass is 269 g/mol. The summed E-state index contributed by atoms with van der Waals surface area (Å²) in [6.45, 7) is 0. The average Bonchev–Trinajstić information content (AvgIpc) is 3.01. The van der Waals surface area contributed by atoms with E-state index in [1.165, 1.54) is 42.0 Å². The lowest BCUT2D eigenvalue weighted by Gasteiger charge is -2.20. The molecule has 0 amide bonds. The van der Waals surface area contributed by atoms with Crippen LogP contribution in [0.1, 0.15) is 31.2 Å². The van der Waals surface area contributed by atoms with Gasteiger partial charge in [0, 0.05) is 6.04 Å². The van der Waals surface area contributed by atoms with Gasteiger partial charge < -0.3 is 10.5 Å². The second-order valence-electron chi connectivity index (χ2n) is 5.92. The van der Waals surface area contributed by atoms with Crippen molar-refractivity contribution in [2.45, 2.75) is 38.1 Å². The molecule has 2 aromatic rings. The molecule has 3 rings (SSSR count). The van der Waals surface area contributed by atoms with Crippen LogP contribution in [0, 0.1) is 5.92 Å². The summed E-state index contributed by atoms with van der Waals surface area (Å²) in [6.07, 6.45) is 6.27. The molecule has 0 radical (unpaired) electrons. The highest BCUT2D eigenvalue weighted by Gasteiger charge is 2.22. The molecule has 20 heavy (non-hydrogen) atoms. The van der Waals surface area contributed by atoms with Crippen LogP contribution in [0.5, 0.6) is 5.75 Å². The van der Waals surface area contributed by atoms with Crippen LogP contribution in [0.3, 0.4) is 0 Å². The number of ether oxygens (including phenoxy) is 1. The fraction of sp³-hybridized carbons (Fsp3) is 0.444. The van der Waals surface area contributed by atoms with Gasteiger partial charge in [0.05, 0.1) is 7.11 Å². The van der Waals surface area contributed by atoms with Crippen LogP contribution in [0.4, 0.5) is 0 Å². The maximum absolute atomic E-state index is 6.44. The Balaban J connectivity index is 1.89. The molecule has 1 aliphatic rings. The van der Waals surface area contributed by atoms with E-state index in [1.54, 1.807) is 7.11 Å². The summed E-state index contributed by atoms with van der Waals surface area (Å²) in [5.74, 6) is 1.62. The zero-order valence-electron chi connectivity index (χ0n) is 12.1. The molecule has 106 valence electrons. The molecule has 0 aromatic heterocycles.